The van der Waals surface area contributed by atoms with Crippen molar-refractivity contribution in [2.45, 2.75) is 0 Å². The van der Waals surface area contributed by atoms with Crippen LogP contribution in [0.2, 0.25) is 5.15 Å². The Morgan fingerprint density at radius 3 is 1.93 bits per heavy atom. The van der Waals surface area contributed by atoms with Crippen molar-refractivity contribution in [3.63, 3.8) is 0 Å². The van der Waals surface area contributed by atoms with Crippen molar-refractivity contribution in [2.75, 3.05) is 0 Å². The fraction of sp³-hybridized carbons (Fsp3) is 0. The summed E-state index contributed by atoms with van der Waals surface area (Å²) in [6, 6.07) is 27.4. The first-order valence-electron chi connectivity index (χ1n) is 8.41. The molecule has 3 aromatic carbocycles. The summed E-state index contributed by atoms with van der Waals surface area (Å²) in [5.41, 5.74) is 5.46. The highest BCUT2D eigenvalue weighted by atomic mass is 35.5. The van der Waals surface area contributed by atoms with Gasteiger partial charge in [-0.25, -0.2) is 14.8 Å². The second kappa shape index (κ2) is 7.41. The van der Waals surface area contributed by atoms with E-state index in [1.54, 1.807) is 18.2 Å². The van der Waals surface area contributed by atoms with E-state index in [9.17, 15) is 0 Å². The lowest BCUT2D eigenvalue weighted by atomic mass is 10.0. The molecule has 0 bridgehead atoms. The third-order valence-corrected chi connectivity index (χ3v) is 4.43. The predicted molar refractivity (Wildman–Crippen MR) is 110 cm³/mol. The Labute approximate surface area is 162 Å². The van der Waals surface area contributed by atoms with Crippen LogP contribution in [-0.2, 0) is 0 Å². The molecule has 3 nitrogen and oxygen atoms in total. The smallest absolute Gasteiger partial charge is 0.187 e. The third kappa shape index (κ3) is 3.72. The molecule has 0 aliphatic carbocycles. The molecule has 0 saturated heterocycles. The number of hydrogen-bond acceptors (Lipinski definition) is 2. The summed E-state index contributed by atoms with van der Waals surface area (Å²) in [6.45, 7) is 7.05. The molecular weight excluding hydrogens is 354 g/mol. The van der Waals surface area contributed by atoms with Crippen LogP contribution in [0.4, 0.5) is 5.69 Å². The van der Waals surface area contributed by atoms with E-state index < -0.39 is 0 Å². The minimum absolute atomic E-state index is 0.386. The predicted octanol–water partition coefficient (Wildman–Crippen LogP) is 6.68. The molecule has 1 aromatic heterocycles. The lowest BCUT2D eigenvalue weighted by Gasteiger charge is -2.07. The molecule has 0 aliphatic heterocycles. The lowest BCUT2D eigenvalue weighted by Crippen LogP contribution is -1.93. The van der Waals surface area contributed by atoms with Crippen molar-refractivity contribution in [2.24, 2.45) is 0 Å². The fourth-order valence-electron chi connectivity index (χ4n) is 2.84. The Hall–Kier alpha value is -3.48. The van der Waals surface area contributed by atoms with Crippen LogP contribution in [0.1, 0.15) is 0 Å². The van der Waals surface area contributed by atoms with Crippen LogP contribution < -0.4 is 0 Å². The topological polar surface area (TPSA) is 30.1 Å². The van der Waals surface area contributed by atoms with Gasteiger partial charge in [0.15, 0.2) is 11.5 Å². The first-order valence-corrected chi connectivity index (χ1v) is 8.79. The van der Waals surface area contributed by atoms with Gasteiger partial charge in [0.1, 0.15) is 5.15 Å². The molecule has 4 aromatic rings. The summed E-state index contributed by atoms with van der Waals surface area (Å²) in [4.78, 5) is 12.4. The lowest BCUT2D eigenvalue weighted by molar-refractivity contribution is 1.18. The van der Waals surface area contributed by atoms with E-state index in [2.05, 4.69) is 39.1 Å². The van der Waals surface area contributed by atoms with Crippen LogP contribution >= 0.6 is 11.6 Å². The highest BCUT2D eigenvalue weighted by Crippen LogP contribution is 2.27. The molecule has 27 heavy (non-hydrogen) atoms. The number of rotatable bonds is 3. The van der Waals surface area contributed by atoms with E-state index in [0.29, 0.717) is 16.7 Å². The van der Waals surface area contributed by atoms with Gasteiger partial charge in [0.25, 0.3) is 0 Å². The van der Waals surface area contributed by atoms with Gasteiger partial charge in [-0.05, 0) is 11.1 Å². The minimum atomic E-state index is 0.386. The van der Waals surface area contributed by atoms with E-state index in [0.717, 1.165) is 22.4 Å². The van der Waals surface area contributed by atoms with Gasteiger partial charge in [-0.3, -0.25) is 0 Å². The summed E-state index contributed by atoms with van der Waals surface area (Å²) >= 11 is 6.24. The molecule has 4 rings (SSSR count). The summed E-state index contributed by atoms with van der Waals surface area (Å²) in [5.74, 6) is 0.543. The first-order chi connectivity index (χ1) is 13.2. The van der Waals surface area contributed by atoms with Crippen LogP contribution in [-0.4, -0.2) is 9.97 Å². The molecule has 128 valence electrons. The normalized spacial score (nSPS) is 10.4. The van der Waals surface area contributed by atoms with E-state index in [1.165, 1.54) is 5.56 Å². The molecule has 0 N–H and O–H groups in total. The van der Waals surface area contributed by atoms with Crippen LogP contribution in [0.5, 0.6) is 0 Å². The second-order valence-electron chi connectivity index (χ2n) is 6.00. The molecule has 4 heteroatoms. The van der Waals surface area contributed by atoms with Gasteiger partial charge >= 0.3 is 0 Å². The summed E-state index contributed by atoms with van der Waals surface area (Å²) in [6.07, 6.45) is 0. The zero-order chi connectivity index (χ0) is 18.6. The van der Waals surface area contributed by atoms with E-state index >= 15 is 0 Å². The van der Waals surface area contributed by atoms with Crippen molar-refractivity contribution in [1.82, 2.24) is 9.97 Å². The van der Waals surface area contributed by atoms with E-state index in [-0.39, 0.29) is 0 Å². The van der Waals surface area contributed by atoms with E-state index in [4.69, 9.17) is 18.2 Å². The molecule has 0 fully saturated rings. The Morgan fingerprint density at radius 2 is 1.26 bits per heavy atom. The van der Waals surface area contributed by atoms with Crippen LogP contribution in [0.3, 0.4) is 0 Å². The molecule has 0 saturated carbocycles. The van der Waals surface area contributed by atoms with Gasteiger partial charge in [0.2, 0.25) is 0 Å². The maximum absolute atomic E-state index is 7.05. The molecule has 0 amide bonds. The van der Waals surface area contributed by atoms with Gasteiger partial charge in [-0.2, -0.15) is 0 Å². The molecule has 0 unspecified atom stereocenters. The number of benzene rings is 3. The van der Waals surface area contributed by atoms with Gasteiger partial charge < -0.3 is 0 Å². The molecule has 0 radical (unpaired) electrons. The largest absolute Gasteiger partial charge is 0.238 e. The molecule has 1 heterocycles. The summed E-state index contributed by atoms with van der Waals surface area (Å²) in [7, 11) is 0. The van der Waals surface area contributed by atoms with Gasteiger partial charge in [0, 0.05) is 17.2 Å². The highest BCUT2D eigenvalue weighted by molar-refractivity contribution is 6.29. The Bertz CT molecular complexity index is 1110. The van der Waals surface area contributed by atoms with Gasteiger partial charge in [-0.1, -0.05) is 90.5 Å². The molecular formula is C23H14ClN3. The van der Waals surface area contributed by atoms with Gasteiger partial charge in [-0.15, -0.1) is 0 Å². The monoisotopic (exact) mass is 367 g/mol. The van der Waals surface area contributed by atoms with Crippen molar-refractivity contribution in [3.8, 4) is 33.8 Å². The number of halogens is 1. The van der Waals surface area contributed by atoms with Crippen molar-refractivity contribution in [1.29, 1.82) is 0 Å². The Balaban J connectivity index is 1.69. The van der Waals surface area contributed by atoms with E-state index in [1.807, 2.05) is 42.5 Å². The SMILES string of the molecule is [C-]#[N+]c1ccc(-c2nc(Cl)cc(-c3ccc(-c4ccccc4)cc3)n2)cc1. The van der Waals surface area contributed by atoms with Crippen molar-refractivity contribution >= 4 is 17.3 Å². The quantitative estimate of drug-likeness (QED) is 0.298. The zero-order valence-corrected chi connectivity index (χ0v) is 15.1. The minimum Gasteiger partial charge on any atom is -0.238 e. The molecule has 0 atom stereocenters. The average molecular weight is 368 g/mol. The van der Waals surface area contributed by atoms with Crippen molar-refractivity contribution in [3.05, 3.63) is 101 Å². The third-order valence-electron chi connectivity index (χ3n) is 4.24. The summed E-state index contributed by atoms with van der Waals surface area (Å²) < 4.78 is 0. The standard InChI is InChI=1S/C23H14ClN3/c1-25-20-13-11-19(12-14-20)23-26-21(15-22(24)27-23)18-9-7-17(8-10-18)16-5-3-2-4-6-16/h2-15H. The van der Waals surface area contributed by atoms with Crippen molar-refractivity contribution < 1.29 is 0 Å². The number of aromatic nitrogens is 2. The van der Waals surface area contributed by atoms with Crippen LogP contribution in [0.25, 0.3) is 38.6 Å². The zero-order valence-electron chi connectivity index (χ0n) is 14.3. The maximum Gasteiger partial charge on any atom is 0.187 e. The Morgan fingerprint density at radius 1 is 0.667 bits per heavy atom. The van der Waals surface area contributed by atoms with Gasteiger partial charge in [0.05, 0.1) is 12.3 Å². The maximum atomic E-state index is 7.05. The number of hydrogen-bond donors (Lipinski definition) is 0. The molecule has 0 spiro atoms. The van der Waals surface area contributed by atoms with Crippen LogP contribution in [0, 0.1) is 6.57 Å². The number of nitrogens with zero attached hydrogens (tertiary/aromatic N) is 3. The Kier molecular flexibility index (Phi) is 4.65. The second-order valence-corrected chi connectivity index (χ2v) is 6.39. The fourth-order valence-corrected chi connectivity index (χ4v) is 3.03. The first kappa shape index (κ1) is 17.0. The summed E-state index contributed by atoms with van der Waals surface area (Å²) in [5, 5.41) is 0.386. The van der Waals surface area contributed by atoms with Crippen LogP contribution in [0.15, 0.2) is 84.9 Å². The highest BCUT2D eigenvalue weighted by Gasteiger charge is 2.08. The average Bonchev–Trinajstić information content (AvgIpc) is 2.74. The molecule has 0 aliphatic rings.